The Hall–Kier alpha value is -0.260. The zero-order chi connectivity index (χ0) is 10.8. The van der Waals surface area contributed by atoms with E-state index in [9.17, 15) is 0 Å². The third kappa shape index (κ3) is 6.23. The molecule has 0 bridgehead atoms. The topological polar surface area (TPSA) is 0 Å². The summed E-state index contributed by atoms with van der Waals surface area (Å²) in [5.41, 5.74) is 3.40. The molecule has 0 aromatic carbocycles. The second-order valence-corrected chi connectivity index (χ2v) is 4.30. The lowest BCUT2D eigenvalue weighted by Crippen LogP contribution is -1.89. The molecule has 0 nitrogen and oxygen atoms in total. The molecule has 0 aromatic rings. The maximum absolute atomic E-state index is 2.34. The lowest BCUT2D eigenvalue weighted by molar-refractivity contribution is 0.693. The third-order valence-electron chi connectivity index (χ3n) is 3.02. The van der Waals surface area contributed by atoms with Gasteiger partial charge in [0.15, 0.2) is 0 Å². The Morgan fingerprint density at radius 3 is 1.93 bits per heavy atom. The molecule has 0 N–H and O–H groups in total. The average molecular weight is 196 g/mol. The van der Waals surface area contributed by atoms with Crippen molar-refractivity contribution in [2.24, 2.45) is 0 Å². The molecule has 0 fully saturated rings. The first-order valence-corrected chi connectivity index (χ1v) is 6.43. The van der Waals surface area contributed by atoms with E-state index in [0.29, 0.717) is 0 Å². The molecule has 0 saturated heterocycles. The van der Waals surface area contributed by atoms with Crippen LogP contribution in [0.15, 0.2) is 11.1 Å². The van der Waals surface area contributed by atoms with Gasteiger partial charge in [0.25, 0.3) is 0 Å². The summed E-state index contributed by atoms with van der Waals surface area (Å²) in [6.45, 7) is 9.19. The highest BCUT2D eigenvalue weighted by Crippen LogP contribution is 2.20. The van der Waals surface area contributed by atoms with Crippen molar-refractivity contribution >= 4 is 0 Å². The molecule has 0 atom stereocenters. The standard InChI is InChI=1S/C14H28/c1-5-8-10-11-13(4)14(7-3)12-9-6-2/h5-12H2,1-4H3/b14-13+. The molecule has 0 heteroatoms. The van der Waals surface area contributed by atoms with E-state index in [4.69, 9.17) is 0 Å². The van der Waals surface area contributed by atoms with Crippen LogP contribution in [0.1, 0.15) is 79.1 Å². The van der Waals surface area contributed by atoms with Crippen molar-refractivity contribution in [2.75, 3.05) is 0 Å². The molecule has 0 heterocycles. The van der Waals surface area contributed by atoms with Crippen LogP contribution in [-0.2, 0) is 0 Å². The minimum atomic E-state index is 1.26. The van der Waals surface area contributed by atoms with Crippen molar-refractivity contribution < 1.29 is 0 Å². The van der Waals surface area contributed by atoms with Crippen LogP contribution in [0, 0.1) is 0 Å². The molecule has 0 amide bonds. The lowest BCUT2D eigenvalue weighted by atomic mass is 9.97. The van der Waals surface area contributed by atoms with E-state index >= 15 is 0 Å². The van der Waals surface area contributed by atoms with Gasteiger partial charge in [-0.1, -0.05) is 51.2 Å². The molecule has 0 radical (unpaired) electrons. The Balaban J connectivity index is 3.92. The van der Waals surface area contributed by atoms with Gasteiger partial charge in [-0.25, -0.2) is 0 Å². The third-order valence-corrected chi connectivity index (χ3v) is 3.02. The highest BCUT2D eigenvalue weighted by atomic mass is 14.1. The zero-order valence-electron chi connectivity index (χ0n) is 10.7. The van der Waals surface area contributed by atoms with Gasteiger partial charge in [0.2, 0.25) is 0 Å². The van der Waals surface area contributed by atoms with Crippen molar-refractivity contribution in [1.82, 2.24) is 0 Å². The summed E-state index contributed by atoms with van der Waals surface area (Å²) in [7, 11) is 0. The van der Waals surface area contributed by atoms with Crippen molar-refractivity contribution in [3.05, 3.63) is 11.1 Å². The van der Waals surface area contributed by atoms with Crippen LogP contribution in [0.25, 0.3) is 0 Å². The molecular formula is C14H28. The van der Waals surface area contributed by atoms with Crippen LogP contribution < -0.4 is 0 Å². The van der Waals surface area contributed by atoms with Crippen molar-refractivity contribution in [1.29, 1.82) is 0 Å². The maximum atomic E-state index is 2.34. The van der Waals surface area contributed by atoms with Crippen LogP contribution in [0.3, 0.4) is 0 Å². The van der Waals surface area contributed by atoms with Crippen LogP contribution in [0.2, 0.25) is 0 Å². The van der Waals surface area contributed by atoms with Crippen LogP contribution in [-0.4, -0.2) is 0 Å². The summed E-state index contributed by atoms with van der Waals surface area (Å²) in [6.07, 6.45) is 10.7. The van der Waals surface area contributed by atoms with Gasteiger partial charge >= 0.3 is 0 Å². The molecule has 0 saturated carbocycles. The fraction of sp³-hybridized carbons (Fsp3) is 0.857. The fourth-order valence-electron chi connectivity index (χ4n) is 1.90. The first kappa shape index (κ1) is 13.7. The molecule has 0 aliphatic carbocycles. The van der Waals surface area contributed by atoms with Gasteiger partial charge in [-0.15, -0.1) is 0 Å². The minimum Gasteiger partial charge on any atom is -0.0741 e. The number of allylic oxidation sites excluding steroid dienone is 2. The number of unbranched alkanes of at least 4 members (excludes halogenated alkanes) is 3. The minimum absolute atomic E-state index is 1.26. The van der Waals surface area contributed by atoms with Crippen LogP contribution >= 0.6 is 0 Å². The van der Waals surface area contributed by atoms with Gasteiger partial charge in [-0.2, -0.15) is 0 Å². The first-order chi connectivity index (χ1) is 6.76. The van der Waals surface area contributed by atoms with Gasteiger partial charge in [-0.3, -0.25) is 0 Å². The van der Waals surface area contributed by atoms with Crippen LogP contribution in [0.4, 0.5) is 0 Å². The van der Waals surface area contributed by atoms with Crippen molar-refractivity contribution in [2.45, 2.75) is 79.1 Å². The van der Waals surface area contributed by atoms with E-state index in [0.717, 1.165) is 0 Å². The van der Waals surface area contributed by atoms with Gasteiger partial charge in [0, 0.05) is 0 Å². The molecule has 0 rings (SSSR count). The maximum Gasteiger partial charge on any atom is -0.0318 e. The van der Waals surface area contributed by atoms with Crippen molar-refractivity contribution in [3.8, 4) is 0 Å². The first-order valence-electron chi connectivity index (χ1n) is 6.43. The van der Waals surface area contributed by atoms with Gasteiger partial charge < -0.3 is 0 Å². The monoisotopic (exact) mass is 196 g/mol. The summed E-state index contributed by atoms with van der Waals surface area (Å²) >= 11 is 0. The summed E-state index contributed by atoms with van der Waals surface area (Å²) in [5.74, 6) is 0. The molecule has 0 aromatic heterocycles. The quantitative estimate of drug-likeness (QED) is 0.356. The van der Waals surface area contributed by atoms with E-state index < -0.39 is 0 Å². The molecule has 0 spiro atoms. The predicted octanol–water partition coefficient (Wildman–Crippen LogP) is 5.48. The van der Waals surface area contributed by atoms with E-state index in [2.05, 4.69) is 27.7 Å². The van der Waals surface area contributed by atoms with Gasteiger partial charge in [-0.05, 0) is 39.0 Å². The second-order valence-electron chi connectivity index (χ2n) is 4.30. The van der Waals surface area contributed by atoms with Crippen LogP contribution in [0.5, 0.6) is 0 Å². The Labute approximate surface area is 90.8 Å². The summed E-state index contributed by atoms with van der Waals surface area (Å²) < 4.78 is 0. The van der Waals surface area contributed by atoms with E-state index in [1.807, 2.05) is 0 Å². The smallest absolute Gasteiger partial charge is 0.0318 e. The highest BCUT2D eigenvalue weighted by Gasteiger charge is 2.00. The van der Waals surface area contributed by atoms with Gasteiger partial charge in [0.1, 0.15) is 0 Å². The Morgan fingerprint density at radius 1 is 0.786 bits per heavy atom. The molecule has 0 unspecified atom stereocenters. The number of rotatable bonds is 8. The summed E-state index contributed by atoms with van der Waals surface area (Å²) in [4.78, 5) is 0. The van der Waals surface area contributed by atoms with Crippen molar-refractivity contribution in [3.63, 3.8) is 0 Å². The molecular weight excluding hydrogens is 168 g/mol. The second kappa shape index (κ2) is 9.30. The largest absolute Gasteiger partial charge is 0.0741 e. The Bertz CT molecular complexity index is 153. The Kier molecular flexibility index (Phi) is 9.13. The number of hydrogen-bond donors (Lipinski definition) is 0. The van der Waals surface area contributed by atoms with E-state index in [1.54, 1.807) is 11.1 Å². The molecule has 14 heavy (non-hydrogen) atoms. The lowest BCUT2D eigenvalue weighted by Gasteiger charge is -2.09. The summed E-state index contributed by atoms with van der Waals surface area (Å²) in [6, 6.07) is 0. The Morgan fingerprint density at radius 2 is 1.43 bits per heavy atom. The predicted molar refractivity (Wildman–Crippen MR) is 66.7 cm³/mol. The normalized spacial score (nSPS) is 12.9. The summed E-state index contributed by atoms with van der Waals surface area (Å²) in [5, 5.41) is 0. The SMILES string of the molecule is CCCCC/C(C)=C(\CC)CCCC. The average Bonchev–Trinajstić information content (AvgIpc) is 2.19. The van der Waals surface area contributed by atoms with E-state index in [1.165, 1.54) is 51.4 Å². The highest BCUT2D eigenvalue weighted by molar-refractivity contribution is 5.11. The zero-order valence-corrected chi connectivity index (χ0v) is 10.7. The number of hydrogen-bond acceptors (Lipinski definition) is 0. The fourth-order valence-corrected chi connectivity index (χ4v) is 1.90. The molecule has 0 aliphatic rings. The molecule has 0 aliphatic heterocycles. The van der Waals surface area contributed by atoms with E-state index in [-0.39, 0.29) is 0 Å². The van der Waals surface area contributed by atoms with Gasteiger partial charge in [0.05, 0.1) is 0 Å². The molecule has 84 valence electrons.